The van der Waals surface area contributed by atoms with Crippen molar-refractivity contribution >= 4 is 11.8 Å². The summed E-state index contributed by atoms with van der Waals surface area (Å²) in [5.41, 5.74) is 5.87. The van der Waals surface area contributed by atoms with Crippen LogP contribution in [0.5, 0.6) is 0 Å². The lowest BCUT2D eigenvalue weighted by Gasteiger charge is -2.34. The van der Waals surface area contributed by atoms with Crippen LogP contribution in [0, 0.1) is 5.41 Å². The maximum atomic E-state index is 12.0. The molecule has 0 spiro atoms. The molecule has 1 heterocycles. The largest absolute Gasteiger partial charge is 0.332 e. The number of rotatable bonds is 8. The fourth-order valence-corrected chi connectivity index (χ4v) is 2.39. The molecule has 2 amide bonds. The number of carbonyl (C=O) groups is 2. The molecule has 20 heavy (non-hydrogen) atoms. The molecule has 0 aromatic rings. The number of hydrogen-bond donors (Lipinski definition) is 1. The van der Waals surface area contributed by atoms with Crippen LogP contribution >= 0.6 is 0 Å². The molecule has 0 bridgehead atoms. The van der Waals surface area contributed by atoms with Crippen molar-refractivity contribution in [3.8, 4) is 0 Å². The van der Waals surface area contributed by atoms with Gasteiger partial charge in [-0.25, -0.2) is 0 Å². The SMILES string of the molecule is CCCN1CC(=O)N(CCCCC(C)(C)CN)CC1=O. The summed E-state index contributed by atoms with van der Waals surface area (Å²) in [5, 5.41) is 0. The average Bonchev–Trinajstić information content (AvgIpc) is 2.40. The third-order valence-corrected chi connectivity index (χ3v) is 3.94. The van der Waals surface area contributed by atoms with E-state index in [1.54, 1.807) is 9.80 Å². The van der Waals surface area contributed by atoms with E-state index in [-0.39, 0.29) is 30.3 Å². The van der Waals surface area contributed by atoms with Gasteiger partial charge in [0.2, 0.25) is 11.8 Å². The monoisotopic (exact) mass is 283 g/mol. The molecule has 1 fully saturated rings. The van der Waals surface area contributed by atoms with Crippen molar-refractivity contribution in [2.45, 2.75) is 46.5 Å². The summed E-state index contributed by atoms with van der Waals surface area (Å²) in [7, 11) is 0. The maximum absolute atomic E-state index is 12.0. The first-order valence-electron chi connectivity index (χ1n) is 7.65. The van der Waals surface area contributed by atoms with Crippen LogP contribution in [-0.2, 0) is 9.59 Å². The van der Waals surface area contributed by atoms with Gasteiger partial charge >= 0.3 is 0 Å². The topological polar surface area (TPSA) is 66.6 Å². The molecule has 116 valence electrons. The highest BCUT2D eigenvalue weighted by Crippen LogP contribution is 2.21. The van der Waals surface area contributed by atoms with Gasteiger partial charge in [0.25, 0.3) is 0 Å². The van der Waals surface area contributed by atoms with Gasteiger partial charge in [-0.15, -0.1) is 0 Å². The second kappa shape index (κ2) is 7.62. The number of amides is 2. The van der Waals surface area contributed by atoms with E-state index in [4.69, 9.17) is 5.73 Å². The number of piperazine rings is 1. The Morgan fingerprint density at radius 1 is 1.05 bits per heavy atom. The second-order valence-corrected chi connectivity index (χ2v) is 6.46. The summed E-state index contributed by atoms with van der Waals surface area (Å²) in [5.74, 6) is 0.157. The first-order valence-corrected chi connectivity index (χ1v) is 7.65. The quantitative estimate of drug-likeness (QED) is 0.681. The lowest BCUT2D eigenvalue weighted by Crippen LogP contribution is -2.54. The molecule has 0 atom stereocenters. The third kappa shape index (κ3) is 5.12. The number of carbonyl (C=O) groups excluding carboxylic acids is 2. The van der Waals surface area contributed by atoms with E-state index < -0.39 is 0 Å². The van der Waals surface area contributed by atoms with Crippen LogP contribution < -0.4 is 5.73 Å². The molecule has 1 aliphatic heterocycles. The predicted octanol–water partition coefficient (Wildman–Crippen LogP) is 1.22. The smallest absolute Gasteiger partial charge is 0.242 e. The fraction of sp³-hybridized carbons (Fsp3) is 0.867. The van der Waals surface area contributed by atoms with Crippen LogP contribution in [0.4, 0.5) is 0 Å². The first kappa shape index (κ1) is 17.0. The minimum atomic E-state index is 0.0775. The van der Waals surface area contributed by atoms with Crippen molar-refractivity contribution in [2.75, 3.05) is 32.7 Å². The number of unbranched alkanes of at least 4 members (excludes halogenated alkanes) is 1. The van der Waals surface area contributed by atoms with E-state index >= 15 is 0 Å². The Morgan fingerprint density at radius 3 is 2.10 bits per heavy atom. The van der Waals surface area contributed by atoms with Gasteiger partial charge in [0.1, 0.15) is 0 Å². The molecule has 0 aliphatic carbocycles. The molecule has 1 rings (SSSR count). The van der Waals surface area contributed by atoms with Gasteiger partial charge in [-0.1, -0.05) is 27.2 Å². The Balaban J connectivity index is 2.31. The Bertz CT molecular complexity index is 342. The zero-order valence-electron chi connectivity index (χ0n) is 13.2. The lowest BCUT2D eigenvalue weighted by molar-refractivity contribution is -0.150. The zero-order valence-corrected chi connectivity index (χ0v) is 13.2. The minimum absolute atomic E-state index is 0.0775. The van der Waals surface area contributed by atoms with Crippen molar-refractivity contribution in [3.63, 3.8) is 0 Å². The van der Waals surface area contributed by atoms with Gasteiger partial charge < -0.3 is 15.5 Å². The molecule has 5 nitrogen and oxygen atoms in total. The molecule has 0 unspecified atom stereocenters. The van der Waals surface area contributed by atoms with Crippen LogP contribution in [0.1, 0.15) is 46.5 Å². The Kier molecular flexibility index (Phi) is 6.46. The van der Waals surface area contributed by atoms with Gasteiger partial charge in [-0.3, -0.25) is 9.59 Å². The van der Waals surface area contributed by atoms with E-state index in [2.05, 4.69) is 13.8 Å². The number of hydrogen-bond acceptors (Lipinski definition) is 3. The molecular weight excluding hydrogens is 254 g/mol. The van der Waals surface area contributed by atoms with Gasteiger partial charge in [-0.2, -0.15) is 0 Å². The summed E-state index contributed by atoms with van der Waals surface area (Å²) >= 11 is 0. The van der Waals surface area contributed by atoms with Crippen molar-refractivity contribution in [2.24, 2.45) is 11.1 Å². The highest BCUT2D eigenvalue weighted by atomic mass is 16.2. The molecule has 0 aromatic carbocycles. The molecule has 0 radical (unpaired) electrons. The highest BCUT2D eigenvalue weighted by molar-refractivity contribution is 5.92. The Hall–Kier alpha value is -1.10. The van der Waals surface area contributed by atoms with E-state index in [1.807, 2.05) is 6.92 Å². The molecule has 2 N–H and O–H groups in total. The molecule has 1 aliphatic rings. The molecule has 5 heteroatoms. The van der Waals surface area contributed by atoms with Crippen molar-refractivity contribution < 1.29 is 9.59 Å². The van der Waals surface area contributed by atoms with Crippen LogP contribution in [0.2, 0.25) is 0 Å². The summed E-state index contributed by atoms with van der Waals surface area (Å²) in [4.78, 5) is 27.2. The highest BCUT2D eigenvalue weighted by Gasteiger charge is 2.28. The van der Waals surface area contributed by atoms with Gasteiger partial charge in [0.05, 0.1) is 13.1 Å². The Morgan fingerprint density at radius 2 is 1.60 bits per heavy atom. The van der Waals surface area contributed by atoms with Crippen LogP contribution in [-0.4, -0.2) is 54.3 Å². The maximum Gasteiger partial charge on any atom is 0.242 e. The van der Waals surface area contributed by atoms with Crippen molar-refractivity contribution in [1.29, 1.82) is 0 Å². The van der Waals surface area contributed by atoms with Crippen molar-refractivity contribution in [3.05, 3.63) is 0 Å². The van der Waals surface area contributed by atoms with Crippen LogP contribution in [0.15, 0.2) is 0 Å². The zero-order chi connectivity index (χ0) is 15.2. The average molecular weight is 283 g/mol. The van der Waals surface area contributed by atoms with Crippen LogP contribution in [0.25, 0.3) is 0 Å². The molecule has 0 aromatic heterocycles. The molecule has 0 saturated carbocycles. The summed E-state index contributed by atoms with van der Waals surface area (Å²) in [6, 6.07) is 0. The predicted molar refractivity (Wildman–Crippen MR) is 80.1 cm³/mol. The van der Waals surface area contributed by atoms with Crippen molar-refractivity contribution in [1.82, 2.24) is 9.80 Å². The lowest BCUT2D eigenvalue weighted by atomic mass is 9.87. The summed E-state index contributed by atoms with van der Waals surface area (Å²) < 4.78 is 0. The number of nitrogens with zero attached hydrogens (tertiary/aromatic N) is 2. The van der Waals surface area contributed by atoms with Gasteiger partial charge in [0.15, 0.2) is 0 Å². The van der Waals surface area contributed by atoms with E-state index in [0.29, 0.717) is 19.6 Å². The van der Waals surface area contributed by atoms with Gasteiger partial charge in [0, 0.05) is 13.1 Å². The second-order valence-electron chi connectivity index (χ2n) is 6.46. The third-order valence-electron chi connectivity index (χ3n) is 3.94. The normalized spacial score (nSPS) is 17.0. The summed E-state index contributed by atoms with van der Waals surface area (Å²) in [6.45, 7) is 8.88. The molecule has 1 saturated heterocycles. The molecular formula is C15H29N3O2. The first-order chi connectivity index (χ1) is 9.39. The minimum Gasteiger partial charge on any atom is -0.332 e. The Labute approximate surface area is 122 Å². The standard InChI is InChI=1S/C15H29N3O2/c1-4-8-17-10-14(20)18(11-13(17)19)9-6-5-7-15(2,3)12-16/h4-12,16H2,1-3H3. The number of nitrogens with two attached hydrogens (primary N) is 1. The van der Waals surface area contributed by atoms with E-state index in [0.717, 1.165) is 25.7 Å². The van der Waals surface area contributed by atoms with Gasteiger partial charge in [-0.05, 0) is 31.2 Å². The van der Waals surface area contributed by atoms with E-state index in [9.17, 15) is 9.59 Å². The summed E-state index contributed by atoms with van der Waals surface area (Å²) in [6.07, 6.45) is 3.94. The van der Waals surface area contributed by atoms with Crippen LogP contribution in [0.3, 0.4) is 0 Å². The van der Waals surface area contributed by atoms with E-state index in [1.165, 1.54) is 0 Å². The fourth-order valence-electron chi connectivity index (χ4n) is 2.39.